The molecule has 15 heavy (non-hydrogen) atoms. The van der Waals surface area contributed by atoms with Crippen LogP contribution in [0.3, 0.4) is 0 Å². The third-order valence-corrected chi connectivity index (χ3v) is 2.41. The van der Waals surface area contributed by atoms with E-state index in [1.54, 1.807) is 6.20 Å². The van der Waals surface area contributed by atoms with Gasteiger partial charge < -0.3 is 10.3 Å². The Morgan fingerprint density at radius 1 is 1.60 bits per heavy atom. The van der Waals surface area contributed by atoms with Crippen molar-refractivity contribution in [2.75, 3.05) is 0 Å². The maximum atomic E-state index is 11.8. The Bertz CT molecular complexity index is 319. The molecule has 0 saturated heterocycles. The summed E-state index contributed by atoms with van der Waals surface area (Å²) in [5.41, 5.74) is 5.82. The molecule has 84 valence electrons. The van der Waals surface area contributed by atoms with E-state index in [2.05, 4.69) is 11.9 Å². The van der Waals surface area contributed by atoms with Crippen LogP contribution in [0.15, 0.2) is 12.4 Å². The minimum Gasteiger partial charge on any atom is -0.329 e. The van der Waals surface area contributed by atoms with Gasteiger partial charge in [-0.25, -0.2) is 4.98 Å². The zero-order valence-electron chi connectivity index (χ0n) is 9.44. The second-order valence-corrected chi connectivity index (χ2v) is 3.71. The van der Waals surface area contributed by atoms with E-state index in [9.17, 15) is 4.79 Å². The van der Waals surface area contributed by atoms with Crippen LogP contribution in [-0.2, 0) is 6.54 Å². The summed E-state index contributed by atoms with van der Waals surface area (Å²) >= 11 is 0. The molecule has 1 unspecified atom stereocenters. The van der Waals surface area contributed by atoms with E-state index in [4.69, 9.17) is 5.73 Å². The maximum Gasteiger partial charge on any atom is 0.199 e. The normalized spacial score (nSPS) is 12.7. The first-order valence-electron chi connectivity index (χ1n) is 5.48. The maximum absolute atomic E-state index is 11.8. The highest BCUT2D eigenvalue weighted by atomic mass is 16.1. The minimum absolute atomic E-state index is 0.0375. The molecule has 4 nitrogen and oxygen atoms in total. The number of hydrogen-bond acceptors (Lipinski definition) is 3. The number of nitrogens with two attached hydrogens (primary N) is 1. The molecule has 4 heteroatoms. The predicted molar refractivity (Wildman–Crippen MR) is 59.7 cm³/mol. The van der Waals surface area contributed by atoms with Crippen molar-refractivity contribution >= 4 is 5.78 Å². The van der Waals surface area contributed by atoms with Crippen LogP contribution in [0.2, 0.25) is 0 Å². The van der Waals surface area contributed by atoms with Crippen LogP contribution in [-0.4, -0.2) is 21.4 Å². The number of carbonyl (C=O) groups is 1. The first-order chi connectivity index (χ1) is 7.19. The lowest BCUT2D eigenvalue weighted by Gasteiger charge is -2.09. The number of carbonyl (C=O) groups excluding carboxylic acids is 1. The second-order valence-electron chi connectivity index (χ2n) is 3.71. The molecule has 1 rings (SSSR count). The van der Waals surface area contributed by atoms with Gasteiger partial charge in [0.1, 0.15) is 0 Å². The minimum atomic E-state index is -0.0375. The van der Waals surface area contributed by atoms with Gasteiger partial charge in [0.2, 0.25) is 0 Å². The summed E-state index contributed by atoms with van der Waals surface area (Å²) in [5, 5.41) is 0. The van der Waals surface area contributed by atoms with Crippen molar-refractivity contribution in [3.8, 4) is 0 Å². The van der Waals surface area contributed by atoms with Gasteiger partial charge in [0.05, 0.1) is 0 Å². The second kappa shape index (κ2) is 5.66. The number of rotatable bonds is 6. The fraction of sp³-hybridized carbons (Fsp3) is 0.636. The summed E-state index contributed by atoms with van der Waals surface area (Å²) < 4.78 is 1.85. The highest BCUT2D eigenvalue weighted by molar-refractivity contribution is 5.93. The average Bonchev–Trinajstić information content (AvgIpc) is 2.65. The molecule has 0 amide bonds. The number of aromatic nitrogens is 2. The van der Waals surface area contributed by atoms with Crippen LogP contribution in [0.5, 0.6) is 0 Å². The van der Waals surface area contributed by atoms with Crippen molar-refractivity contribution in [1.82, 2.24) is 9.55 Å². The zero-order valence-corrected chi connectivity index (χ0v) is 9.44. The molecule has 0 fully saturated rings. The Morgan fingerprint density at radius 3 is 2.93 bits per heavy atom. The van der Waals surface area contributed by atoms with Crippen LogP contribution in [0.4, 0.5) is 0 Å². The number of Topliss-reactive ketones (excluding diaryl/α,β-unsaturated/α-hetero) is 1. The van der Waals surface area contributed by atoms with Crippen LogP contribution in [0, 0.1) is 0 Å². The summed E-state index contributed by atoms with van der Waals surface area (Å²) in [4.78, 5) is 15.9. The number of aryl methyl sites for hydroxylation is 1. The van der Waals surface area contributed by atoms with Crippen molar-refractivity contribution < 1.29 is 4.79 Å². The van der Waals surface area contributed by atoms with Gasteiger partial charge in [0, 0.05) is 31.4 Å². The van der Waals surface area contributed by atoms with Gasteiger partial charge in [-0.15, -0.1) is 0 Å². The van der Waals surface area contributed by atoms with E-state index in [1.807, 2.05) is 17.7 Å². The summed E-state index contributed by atoms with van der Waals surface area (Å²) in [6, 6.07) is -0.0375. The quantitative estimate of drug-likeness (QED) is 0.724. The lowest BCUT2D eigenvalue weighted by atomic mass is 10.1. The Labute approximate surface area is 90.5 Å². The monoisotopic (exact) mass is 209 g/mol. The summed E-state index contributed by atoms with van der Waals surface area (Å²) in [5.74, 6) is 0.576. The summed E-state index contributed by atoms with van der Waals surface area (Å²) in [6.45, 7) is 4.83. The van der Waals surface area contributed by atoms with Crippen molar-refractivity contribution in [2.45, 2.75) is 45.7 Å². The van der Waals surface area contributed by atoms with E-state index in [-0.39, 0.29) is 11.8 Å². The van der Waals surface area contributed by atoms with Gasteiger partial charge in [0.25, 0.3) is 0 Å². The Kier molecular flexibility index (Phi) is 4.49. The van der Waals surface area contributed by atoms with Crippen LogP contribution in [0.1, 0.15) is 43.7 Å². The van der Waals surface area contributed by atoms with E-state index in [1.165, 1.54) is 0 Å². The molecule has 0 aliphatic carbocycles. The molecule has 0 bridgehead atoms. The molecule has 0 saturated carbocycles. The molecule has 2 N–H and O–H groups in total. The molecular weight excluding hydrogens is 190 g/mol. The largest absolute Gasteiger partial charge is 0.329 e. The molecule has 0 aromatic carbocycles. The van der Waals surface area contributed by atoms with Gasteiger partial charge in [-0.1, -0.05) is 13.3 Å². The lowest BCUT2D eigenvalue weighted by molar-refractivity contribution is 0.0959. The number of imidazole rings is 1. The van der Waals surface area contributed by atoms with Crippen molar-refractivity contribution in [3.05, 3.63) is 18.2 Å². The molecule has 0 radical (unpaired) electrons. The third kappa shape index (κ3) is 3.16. The molecule has 1 atom stereocenters. The highest BCUT2D eigenvalue weighted by Gasteiger charge is 2.15. The Morgan fingerprint density at radius 2 is 2.33 bits per heavy atom. The topological polar surface area (TPSA) is 60.9 Å². The van der Waals surface area contributed by atoms with Gasteiger partial charge in [0.15, 0.2) is 11.6 Å². The van der Waals surface area contributed by atoms with Gasteiger partial charge >= 0.3 is 0 Å². The van der Waals surface area contributed by atoms with Crippen molar-refractivity contribution in [1.29, 1.82) is 0 Å². The van der Waals surface area contributed by atoms with Gasteiger partial charge in [-0.2, -0.15) is 0 Å². The highest BCUT2D eigenvalue weighted by Crippen LogP contribution is 2.06. The lowest BCUT2D eigenvalue weighted by Crippen LogP contribution is -2.25. The van der Waals surface area contributed by atoms with E-state index >= 15 is 0 Å². The summed E-state index contributed by atoms with van der Waals surface area (Å²) in [6.07, 6.45) is 5.76. The Balaban J connectivity index is 2.61. The smallest absolute Gasteiger partial charge is 0.199 e. The van der Waals surface area contributed by atoms with Gasteiger partial charge in [-0.3, -0.25) is 4.79 Å². The first-order valence-corrected chi connectivity index (χ1v) is 5.48. The zero-order chi connectivity index (χ0) is 11.3. The van der Waals surface area contributed by atoms with E-state index < -0.39 is 0 Å². The standard InChI is InChI=1S/C11H19N3O/c1-3-5-9(12)8-10(15)11-13-6-7-14(11)4-2/h6-7,9H,3-5,8,12H2,1-2H3. The van der Waals surface area contributed by atoms with Crippen LogP contribution < -0.4 is 5.73 Å². The number of ketones is 1. The molecule has 1 aromatic heterocycles. The number of hydrogen-bond donors (Lipinski definition) is 1. The van der Waals surface area contributed by atoms with Gasteiger partial charge in [-0.05, 0) is 13.3 Å². The molecule has 0 aliphatic rings. The molecule has 0 spiro atoms. The molecular formula is C11H19N3O. The molecule has 1 aromatic rings. The average molecular weight is 209 g/mol. The van der Waals surface area contributed by atoms with E-state index in [0.29, 0.717) is 12.2 Å². The first kappa shape index (κ1) is 11.9. The Hall–Kier alpha value is -1.16. The van der Waals surface area contributed by atoms with Crippen molar-refractivity contribution in [3.63, 3.8) is 0 Å². The van der Waals surface area contributed by atoms with Crippen LogP contribution >= 0.6 is 0 Å². The van der Waals surface area contributed by atoms with E-state index in [0.717, 1.165) is 19.4 Å². The fourth-order valence-corrected chi connectivity index (χ4v) is 1.62. The molecule has 0 aliphatic heterocycles. The fourth-order valence-electron chi connectivity index (χ4n) is 1.62. The summed E-state index contributed by atoms with van der Waals surface area (Å²) in [7, 11) is 0. The van der Waals surface area contributed by atoms with Crippen molar-refractivity contribution in [2.24, 2.45) is 5.73 Å². The SMILES string of the molecule is CCCC(N)CC(=O)c1nccn1CC. The molecule has 1 heterocycles. The number of nitrogens with zero attached hydrogens (tertiary/aromatic N) is 2. The predicted octanol–water partition coefficient (Wildman–Crippen LogP) is 1.60. The third-order valence-electron chi connectivity index (χ3n) is 2.41. The van der Waals surface area contributed by atoms with Crippen LogP contribution in [0.25, 0.3) is 0 Å².